The number of hydrogen-bond donors (Lipinski definition) is 1. The van der Waals surface area contributed by atoms with Gasteiger partial charge >= 0.3 is 0 Å². The standard InChI is InChI=1S/C30H25NO5S/c1-19(2)35-23-14-10-20(11-15-23)28(32)26-27(25-9-6-18-37-25)31(30(34)29(26)33)21-12-16-24(17-13-21)36-22-7-4-3-5-8-22/h3-19,27,32H,1-2H3/b28-26-. The lowest BCUT2D eigenvalue weighted by Gasteiger charge is -2.24. The SMILES string of the molecule is CC(C)Oc1ccc(/C(O)=C2/C(=O)C(=O)N(c3ccc(Oc4ccccc4)cc3)C2c2cccs2)cc1. The minimum atomic E-state index is -0.757. The van der Waals surface area contributed by atoms with Gasteiger partial charge in [-0.3, -0.25) is 14.5 Å². The Bertz CT molecular complexity index is 1430. The van der Waals surface area contributed by atoms with E-state index in [-0.39, 0.29) is 17.4 Å². The predicted molar refractivity (Wildman–Crippen MR) is 144 cm³/mol. The summed E-state index contributed by atoms with van der Waals surface area (Å²) in [6, 6.07) is 26.1. The summed E-state index contributed by atoms with van der Waals surface area (Å²) in [6.07, 6.45) is 0.00748. The van der Waals surface area contributed by atoms with Gasteiger partial charge in [-0.2, -0.15) is 0 Å². The Kier molecular flexibility index (Phi) is 6.79. The molecule has 1 aromatic heterocycles. The van der Waals surface area contributed by atoms with Crippen LogP contribution in [0.1, 0.15) is 30.3 Å². The van der Waals surface area contributed by atoms with E-state index in [0.717, 1.165) is 4.88 Å². The van der Waals surface area contributed by atoms with Crippen LogP contribution in [0, 0.1) is 0 Å². The molecule has 0 spiro atoms. The summed E-state index contributed by atoms with van der Waals surface area (Å²) in [5.41, 5.74) is 1.01. The molecule has 4 aromatic rings. The third-order valence-corrected chi connectivity index (χ3v) is 6.78. The van der Waals surface area contributed by atoms with Crippen LogP contribution in [0.5, 0.6) is 17.2 Å². The Morgan fingerprint density at radius 1 is 0.838 bits per heavy atom. The number of nitrogens with zero attached hydrogens (tertiary/aromatic N) is 1. The normalized spacial score (nSPS) is 16.8. The number of carbonyl (C=O) groups is 2. The molecule has 1 unspecified atom stereocenters. The summed E-state index contributed by atoms with van der Waals surface area (Å²) in [6.45, 7) is 3.85. The van der Waals surface area contributed by atoms with E-state index in [2.05, 4.69) is 0 Å². The predicted octanol–water partition coefficient (Wildman–Crippen LogP) is 6.95. The monoisotopic (exact) mass is 511 g/mol. The number of hydrogen-bond acceptors (Lipinski definition) is 6. The zero-order valence-corrected chi connectivity index (χ0v) is 21.1. The maximum absolute atomic E-state index is 13.3. The number of rotatable bonds is 7. The van der Waals surface area contributed by atoms with Gasteiger partial charge in [-0.15, -0.1) is 11.3 Å². The number of Topliss-reactive ketones (excluding diaryl/α,β-unsaturated/α-hetero) is 1. The first-order valence-electron chi connectivity index (χ1n) is 11.9. The van der Waals surface area contributed by atoms with Crippen molar-refractivity contribution in [2.75, 3.05) is 4.90 Å². The Balaban J connectivity index is 1.51. The molecule has 1 amide bonds. The lowest BCUT2D eigenvalue weighted by molar-refractivity contribution is -0.132. The van der Waals surface area contributed by atoms with Crippen molar-refractivity contribution in [3.8, 4) is 17.2 Å². The zero-order chi connectivity index (χ0) is 25.9. The molecule has 1 atom stereocenters. The molecule has 1 aliphatic heterocycles. The number of amides is 1. The van der Waals surface area contributed by atoms with Crippen molar-refractivity contribution in [1.82, 2.24) is 0 Å². The molecule has 1 aliphatic rings. The van der Waals surface area contributed by atoms with Crippen LogP contribution in [0.3, 0.4) is 0 Å². The Morgan fingerprint density at radius 2 is 1.49 bits per heavy atom. The largest absolute Gasteiger partial charge is 0.507 e. The average Bonchev–Trinajstić information content (AvgIpc) is 3.52. The van der Waals surface area contributed by atoms with E-state index in [1.807, 2.05) is 61.7 Å². The van der Waals surface area contributed by atoms with Crippen molar-refractivity contribution >= 4 is 34.5 Å². The van der Waals surface area contributed by atoms with Crippen LogP contribution < -0.4 is 14.4 Å². The molecule has 1 N–H and O–H groups in total. The Morgan fingerprint density at radius 3 is 2.11 bits per heavy atom. The van der Waals surface area contributed by atoms with E-state index >= 15 is 0 Å². The minimum absolute atomic E-state index is 0.00748. The average molecular weight is 512 g/mol. The molecule has 0 saturated carbocycles. The highest BCUT2D eigenvalue weighted by molar-refractivity contribution is 7.10. The van der Waals surface area contributed by atoms with E-state index in [1.165, 1.54) is 16.2 Å². The number of ether oxygens (including phenoxy) is 2. The van der Waals surface area contributed by atoms with Gasteiger partial charge in [0.05, 0.1) is 11.7 Å². The summed E-state index contributed by atoms with van der Waals surface area (Å²) in [4.78, 5) is 28.8. The lowest BCUT2D eigenvalue weighted by Crippen LogP contribution is -2.29. The third kappa shape index (κ3) is 4.99. The smallest absolute Gasteiger partial charge is 0.300 e. The summed E-state index contributed by atoms with van der Waals surface area (Å²) >= 11 is 1.42. The van der Waals surface area contributed by atoms with Crippen LogP contribution in [0.4, 0.5) is 5.69 Å². The van der Waals surface area contributed by atoms with Gasteiger partial charge in [-0.25, -0.2) is 0 Å². The highest BCUT2D eigenvalue weighted by Crippen LogP contribution is 2.44. The van der Waals surface area contributed by atoms with E-state index in [0.29, 0.717) is 28.5 Å². The highest BCUT2D eigenvalue weighted by atomic mass is 32.1. The number of aliphatic hydroxyl groups is 1. The molecule has 0 bridgehead atoms. The summed E-state index contributed by atoms with van der Waals surface area (Å²) < 4.78 is 11.5. The first kappa shape index (κ1) is 24.3. The maximum atomic E-state index is 13.3. The molecule has 186 valence electrons. The fourth-order valence-corrected chi connectivity index (χ4v) is 5.06. The molecule has 1 saturated heterocycles. The number of benzene rings is 3. The van der Waals surface area contributed by atoms with Crippen LogP contribution in [-0.4, -0.2) is 22.9 Å². The second-order valence-electron chi connectivity index (χ2n) is 8.78. The zero-order valence-electron chi connectivity index (χ0n) is 20.3. The van der Waals surface area contributed by atoms with E-state index in [9.17, 15) is 14.7 Å². The summed E-state index contributed by atoms with van der Waals surface area (Å²) in [5, 5.41) is 13.1. The first-order chi connectivity index (χ1) is 17.9. The summed E-state index contributed by atoms with van der Waals surface area (Å²) in [7, 11) is 0. The second-order valence-corrected chi connectivity index (χ2v) is 9.76. The quantitative estimate of drug-likeness (QED) is 0.165. The number of para-hydroxylation sites is 1. The number of anilines is 1. The van der Waals surface area contributed by atoms with Crippen LogP contribution in [-0.2, 0) is 9.59 Å². The molecule has 37 heavy (non-hydrogen) atoms. The minimum Gasteiger partial charge on any atom is -0.507 e. The number of thiophene rings is 1. The molecule has 1 fully saturated rings. The fourth-order valence-electron chi connectivity index (χ4n) is 4.23. The van der Waals surface area contributed by atoms with Crippen molar-refractivity contribution in [1.29, 1.82) is 0 Å². The highest BCUT2D eigenvalue weighted by Gasteiger charge is 2.47. The van der Waals surface area contributed by atoms with Gasteiger partial charge in [-0.1, -0.05) is 24.3 Å². The van der Waals surface area contributed by atoms with Gasteiger partial charge in [0.2, 0.25) is 0 Å². The van der Waals surface area contributed by atoms with Gasteiger partial charge in [0, 0.05) is 16.1 Å². The molecular formula is C30H25NO5S. The van der Waals surface area contributed by atoms with E-state index in [4.69, 9.17) is 9.47 Å². The topological polar surface area (TPSA) is 76.1 Å². The van der Waals surface area contributed by atoms with Gasteiger partial charge in [-0.05, 0) is 86.0 Å². The van der Waals surface area contributed by atoms with Crippen LogP contribution in [0.15, 0.2) is 102 Å². The van der Waals surface area contributed by atoms with Crippen LogP contribution in [0.25, 0.3) is 5.76 Å². The van der Waals surface area contributed by atoms with Crippen LogP contribution in [0.2, 0.25) is 0 Å². The number of carbonyl (C=O) groups excluding carboxylic acids is 2. The van der Waals surface area contributed by atoms with Crippen molar-refractivity contribution < 1.29 is 24.2 Å². The molecule has 7 heteroatoms. The Hall–Kier alpha value is -4.36. The van der Waals surface area contributed by atoms with E-state index in [1.54, 1.807) is 48.5 Å². The second kappa shape index (κ2) is 10.3. The molecule has 0 aliphatic carbocycles. The Labute approximate surface area is 219 Å². The molecule has 3 aromatic carbocycles. The third-order valence-electron chi connectivity index (χ3n) is 5.85. The molecule has 6 nitrogen and oxygen atoms in total. The lowest BCUT2D eigenvalue weighted by atomic mass is 9.99. The molecule has 5 rings (SSSR count). The van der Waals surface area contributed by atoms with E-state index < -0.39 is 17.7 Å². The van der Waals surface area contributed by atoms with Crippen molar-refractivity contribution in [2.24, 2.45) is 0 Å². The molecule has 2 heterocycles. The van der Waals surface area contributed by atoms with Crippen LogP contribution >= 0.6 is 11.3 Å². The molecular weight excluding hydrogens is 486 g/mol. The fraction of sp³-hybridized carbons (Fsp3) is 0.133. The summed E-state index contributed by atoms with van der Waals surface area (Å²) in [5.74, 6) is 0.292. The van der Waals surface area contributed by atoms with Gasteiger partial charge in [0.15, 0.2) is 0 Å². The number of ketones is 1. The maximum Gasteiger partial charge on any atom is 0.300 e. The van der Waals surface area contributed by atoms with Crippen molar-refractivity contribution in [2.45, 2.75) is 26.0 Å². The number of aliphatic hydroxyl groups excluding tert-OH is 1. The van der Waals surface area contributed by atoms with Gasteiger partial charge < -0.3 is 14.6 Å². The molecule has 0 radical (unpaired) electrons. The van der Waals surface area contributed by atoms with Crippen molar-refractivity contribution in [3.05, 3.63) is 112 Å². The van der Waals surface area contributed by atoms with Gasteiger partial charge in [0.1, 0.15) is 29.0 Å². The van der Waals surface area contributed by atoms with Gasteiger partial charge in [0.25, 0.3) is 11.7 Å². The van der Waals surface area contributed by atoms with Crippen molar-refractivity contribution in [3.63, 3.8) is 0 Å². The first-order valence-corrected chi connectivity index (χ1v) is 12.7.